The predicted octanol–water partition coefficient (Wildman–Crippen LogP) is 3.77. The van der Waals surface area contributed by atoms with E-state index in [2.05, 4.69) is 10.0 Å². The van der Waals surface area contributed by atoms with E-state index in [-0.39, 0.29) is 21.9 Å². The van der Waals surface area contributed by atoms with Gasteiger partial charge in [-0.1, -0.05) is 24.3 Å². The molecule has 8 nitrogen and oxygen atoms in total. The summed E-state index contributed by atoms with van der Waals surface area (Å²) in [7, 11) is 0.381. The molecule has 2 N–H and O–H groups in total. The van der Waals surface area contributed by atoms with Crippen LogP contribution < -0.4 is 24.2 Å². The van der Waals surface area contributed by atoms with Gasteiger partial charge in [0.05, 0.1) is 38.3 Å². The lowest BCUT2D eigenvalue weighted by Crippen LogP contribution is -2.19. The van der Waals surface area contributed by atoms with E-state index in [9.17, 15) is 13.2 Å². The SMILES string of the molecule is COc1ccc(NC(=O)c2ccccc2NS(=O)(=O)c2ccccc2OC)c(OC)c1. The van der Waals surface area contributed by atoms with Crippen LogP contribution in [0.3, 0.4) is 0 Å². The summed E-state index contributed by atoms with van der Waals surface area (Å²) in [5.41, 5.74) is 0.674. The molecular formula is C22H22N2O6S. The Labute approximate surface area is 180 Å². The van der Waals surface area contributed by atoms with Gasteiger partial charge in [0.25, 0.3) is 15.9 Å². The summed E-state index contributed by atoms with van der Waals surface area (Å²) >= 11 is 0. The number of hydrogen-bond donors (Lipinski definition) is 2. The molecule has 0 saturated carbocycles. The van der Waals surface area contributed by atoms with E-state index in [1.807, 2.05) is 0 Å². The number of para-hydroxylation sites is 2. The molecule has 9 heteroatoms. The first-order valence-corrected chi connectivity index (χ1v) is 10.7. The van der Waals surface area contributed by atoms with Gasteiger partial charge in [-0.3, -0.25) is 9.52 Å². The standard InChI is InChI=1S/C22H22N2O6S/c1-28-15-12-13-18(20(14-15)30-3)23-22(25)16-8-4-5-9-17(16)24-31(26,27)21-11-7-6-10-19(21)29-2/h4-14,24H,1-3H3,(H,23,25). The van der Waals surface area contributed by atoms with E-state index in [4.69, 9.17) is 14.2 Å². The molecule has 0 atom stereocenters. The molecule has 0 unspecified atom stereocenters. The highest BCUT2D eigenvalue weighted by Gasteiger charge is 2.22. The monoisotopic (exact) mass is 442 g/mol. The molecule has 0 aromatic heterocycles. The van der Waals surface area contributed by atoms with Gasteiger partial charge in [0.15, 0.2) is 0 Å². The van der Waals surface area contributed by atoms with Crippen LogP contribution in [0.15, 0.2) is 71.6 Å². The number of nitrogens with one attached hydrogen (secondary N) is 2. The van der Waals surface area contributed by atoms with Gasteiger partial charge in [0.1, 0.15) is 22.1 Å². The van der Waals surface area contributed by atoms with Crippen molar-refractivity contribution >= 4 is 27.3 Å². The van der Waals surface area contributed by atoms with E-state index >= 15 is 0 Å². The van der Waals surface area contributed by atoms with E-state index in [1.165, 1.54) is 39.5 Å². The highest BCUT2D eigenvalue weighted by molar-refractivity contribution is 7.92. The molecule has 1 amide bonds. The van der Waals surface area contributed by atoms with Crippen LogP contribution in [0.4, 0.5) is 11.4 Å². The van der Waals surface area contributed by atoms with Crippen molar-refractivity contribution < 1.29 is 27.4 Å². The number of carbonyl (C=O) groups is 1. The third-order valence-corrected chi connectivity index (χ3v) is 5.84. The molecule has 3 aromatic carbocycles. The normalized spacial score (nSPS) is 10.8. The summed E-state index contributed by atoms with van der Waals surface area (Å²) in [5.74, 6) is 0.654. The van der Waals surface area contributed by atoms with Gasteiger partial charge >= 0.3 is 0 Å². The number of carbonyl (C=O) groups excluding carboxylic acids is 1. The lowest BCUT2D eigenvalue weighted by Gasteiger charge is -2.15. The molecule has 0 saturated heterocycles. The van der Waals surface area contributed by atoms with E-state index < -0.39 is 15.9 Å². The summed E-state index contributed by atoms with van der Waals surface area (Å²) in [4.78, 5) is 12.9. The minimum Gasteiger partial charge on any atom is -0.497 e. The second-order valence-corrected chi connectivity index (χ2v) is 7.97. The summed E-state index contributed by atoms with van der Waals surface area (Å²) in [6.45, 7) is 0. The Bertz CT molecular complexity index is 1190. The van der Waals surface area contributed by atoms with E-state index in [0.717, 1.165) is 0 Å². The Morgan fingerprint density at radius 2 is 1.45 bits per heavy atom. The number of methoxy groups -OCH3 is 3. The van der Waals surface area contributed by atoms with Gasteiger partial charge in [-0.25, -0.2) is 8.42 Å². The molecular weight excluding hydrogens is 420 g/mol. The van der Waals surface area contributed by atoms with E-state index in [0.29, 0.717) is 17.2 Å². The first kappa shape index (κ1) is 22.0. The van der Waals surface area contributed by atoms with Crippen LogP contribution in [0.2, 0.25) is 0 Å². The van der Waals surface area contributed by atoms with Crippen LogP contribution in [0.25, 0.3) is 0 Å². The minimum absolute atomic E-state index is 0.0375. The Balaban J connectivity index is 1.91. The third-order valence-electron chi connectivity index (χ3n) is 4.43. The fourth-order valence-electron chi connectivity index (χ4n) is 2.90. The molecule has 0 aliphatic rings. The van der Waals surface area contributed by atoms with Gasteiger partial charge in [-0.05, 0) is 36.4 Å². The lowest BCUT2D eigenvalue weighted by molar-refractivity contribution is 0.102. The zero-order chi connectivity index (χ0) is 22.4. The summed E-state index contributed by atoms with van der Waals surface area (Å²) in [5, 5.41) is 2.74. The molecule has 0 aliphatic carbocycles. The van der Waals surface area contributed by atoms with Crippen molar-refractivity contribution in [3.63, 3.8) is 0 Å². The van der Waals surface area contributed by atoms with Crippen LogP contribution >= 0.6 is 0 Å². The average molecular weight is 442 g/mol. The predicted molar refractivity (Wildman–Crippen MR) is 118 cm³/mol. The van der Waals surface area contributed by atoms with Crippen molar-refractivity contribution in [2.45, 2.75) is 4.90 Å². The first-order valence-electron chi connectivity index (χ1n) is 9.18. The Hall–Kier alpha value is -3.72. The van der Waals surface area contributed by atoms with Crippen molar-refractivity contribution in [2.24, 2.45) is 0 Å². The summed E-state index contributed by atoms with van der Waals surface area (Å²) < 4.78 is 43.9. The summed E-state index contributed by atoms with van der Waals surface area (Å²) in [6, 6.07) is 17.5. The van der Waals surface area contributed by atoms with Crippen LogP contribution in [0.5, 0.6) is 17.2 Å². The highest BCUT2D eigenvalue weighted by atomic mass is 32.2. The number of amides is 1. The van der Waals surface area contributed by atoms with Gasteiger partial charge in [-0.2, -0.15) is 0 Å². The number of rotatable bonds is 8. The minimum atomic E-state index is -4.00. The van der Waals surface area contributed by atoms with Crippen LogP contribution in [-0.4, -0.2) is 35.7 Å². The smallest absolute Gasteiger partial charge is 0.265 e. The number of sulfonamides is 1. The average Bonchev–Trinajstić information content (AvgIpc) is 2.79. The second kappa shape index (κ2) is 9.40. The summed E-state index contributed by atoms with van der Waals surface area (Å²) in [6.07, 6.45) is 0. The molecule has 0 fully saturated rings. The molecule has 3 rings (SSSR count). The van der Waals surface area contributed by atoms with Crippen LogP contribution in [0, 0.1) is 0 Å². The maximum Gasteiger partial charge on any atom is 0.265 e. The first-order chi connectivity index (χ1) is 14.9. The van der Waals surface area contributed by atoms with Crippen molar-refractivity contribution in [3.05, 3.63) is 72.3 Å². The zero-order valence-corrected chi connectivity index (χ0v) is 18.0. The Morgan fingerprint density at radius 1 is 0.774 bits per heavy atom. The van der Waals surface area contributed by atoms with Crippen molar-refractivity contribution in [1.29, 1.82) is 0 Å². The molecule has 0 aliphatic heterocycles. The van der Waals surface area contributed by atoms with Gasteiger partial charge in [0, 0.05) is 6.07 Å². The number of hydrogen-bond acceptors (Lipinski definition) is 6. The van der Waals surface area contributed by atoms with Crippen molar-refractivity contribution in [1.82, 2.24) is 0 Å². The van der Waals surface area contributed by atoms with Crippen molar-refractivity contribution in [3.8, 4) is 17.2 Å². The van der Waals surface area contributed by atoms with Gasteiger partial charge in [0.2, 0.25) is 0 Å². The van der Waals surface area contributed by atoms with E-state index in [1.54, 1.807) is 48.5 Å². The van der Waals surface area contributed by atoms with Crippen molar-refractivity contribution in [2.75, 3.05) is 31.4 Å². The maximum absolute atomic E-state index is 12.9. The molecule has 162 valence electrons. The van der Waals surface area contributed by atoms with Crippen LogP contribution in [0.1, 0.15) is 10.4 Å². The Kier molecular flexibility index (Phi) is 6.66. The quantitative estimate of drug-likeness (QED) is 0.551. The van der Waals surface area contributed by atoms with Gasteiger partial charge in [-0.15, -0.1) is 0 Å². The maximum atomic E-state index is 12.9. The molecule has 0 bridgehead atoms. The van der Waals surface area contributed by atoms with Gasteiger partial charge < -0.3 is 19.5 Å². The molecule has 0 heterocycles. The fourth-order valence-corrected chi connectivity index (χ4v) is 4.15. The highest BCUT2D eigenvalue weighted by Crippen LogP contribution is 2.31. The molecule has 0 spiro atoms. The molecule has 0 radical (unpaired) electrons. The number of anilines is 2. The molecule has 3 aromatic rings. The lowest BCUT2D eigenvalue weighted by atomic mass is 10.1. The number of ether oxygens (including phenoxy) is 3. The topological polar surface area (TPSA) is 103 Å². The molecule has 31 heavy (non-hydrogen) atoms. The number of benzene rings is 3. The van der Waals surface area contributed by atoms with Crippen LogP contribution in [-0.2, 0) is 10.0 Å². The largest absolute Gasteiger partial charge is 0.497 e. The fraction of sp³-hybridized carbons (Fsp3) is 0.136. The second-order valence-electron chi connectivity index (χ2n) is 6.32. The zero-order valence-electron chi connectivity index (χ0n) is 17.2. The third kappa shape index (κ3) is 4.89. The Morgan fingerprint density at radius 3 is 2.16 bits per heavy atom.